The molecule has 4 rings (SSSR count). The van der Waals surface area contributed by atoms with Crippen LogP contribution in [-0.4, -0.2) is 28.8 Å². The van der Waals surface area contributed by atoms with Crippen LogP contribution in [0.25, 0.3) is 5.70 Å². The number of carbonyl (C=O) groups excluding carboxylic acids is 1. The molecule has 1 saturated heterocycles. The van der Waals surface area contributed by atoms with Crippen molar-refractivity contribution in [1.82, 2.24) is 4.90 Å². The molecule has 1 fully saturated rings. The number of halogens is 1. The fourth-order valence-electron chi connectivity index (χ4n) is 2.92. The zero-order chi connectivity index (χ0) is 17.4. The number of ether oxygens (including phenoxy) is 1. The van der Waals surface area contributed by atoms with Crippen molar-refractivity contribution in [2.45, 2.75) is 6.04 Å². The standard InChI is InChI=1S/C19H15ClN2O2S/c1-24-15-8-4-13(5-9-15)17-10-16(12-2-6-14(20)7-3-12)21-19-22(17)18(23)11-25-19/h2-10,17H,11H2,1H3/t17-/m0/s1. The molecule has 0 aromatic heterocycles. The van der Waals surface area contributed by atoms with Crippen LogP contribution in [0.15, 0.2) is 59.6 Å². The first-order valence-corrected chi connectivity index (χ1v) is 9.17. The van der Waals surface area contributed by atoms with Crippen molar-refractivity contribution in [2.75, 3.05) is 12.9 Å². The second kappa shape index (κ2) is 6.58. The number of hydrogen-bond donors (Lipinski definition) is 0. The van der Waals surface area contributed by atoms with Gasteiger partial charge >= 0.3 is 0 Å². The van der Waals surface area contributed by atoms with Crippen molar-refractivity contribution < 1.29 is 9.53 Å². The summed E-state index contributed by atoms with van der Waals surface area (Å²) in [5.41, 5.74) is 2.86. The number of rotatable bonds is 3. The van der Waals surface area contributed by atoms with Crippen LogP contribution < -0.4 is 4.74 Å². The van der Waals surface area contributed by atoms with Gasteiger partial charge in [0.2, 0.25) is 5.91 Å². The van der Waals surface area contributed by atoms with E-state index < -0.39 is 0 Å². The molecule has 0 saturated carbocycles. The first kappa shape index (κ1) is 16.2. The molecule has 6 heteroatoms. The van der Waals surface area contributed by atoms with Gasteiger partial charge in [-0.25, -0.2) is 4.99 Å². The van der Waals surface area contributed by atoms with Crippen LogP contribution in [0.4, 0.5) is 0 Å². The average molecular weight is 371 g/mol. The first-order valence-electron chi connectivity index (χ1n) is 7.81. The summed E-state index contributed by atoms with van der Waals surface area (Å²) in [6.07, 6.45) is 2.03. The van der Waals surface area contributed by atoms with Crippen LogP contribution in [0, 0.1) is 0 Å². The molecule has 0 unspecified atom stereocenters. The van der Waals surface area contributed by atoms with Crippen LogP contribution >= 0.6 is 23.4 Å². The van der Waals surface area contributed by atoms with Gasteiger partial charge in [-0.2, -0.15) is 0 Å². The molecule has 2 aromatic carbocycles. The summed E-state index contributed by atoms with van der Waals surface area (Å²) in [7, 11) is 1.64. The fraction of sp³-hybridized carbons (Fsp3) is 0.158. The Morgan fingerprint density at radius 2 is 1.88 bits per heavy atom. The molecule has 0 bridgehead atoms. The Bertz CT molecular complexity index is 875. The molecule has 2 aromatic rings. The number of fused-ring (bicyclic) bond motifs is 1. The molecule has 0 N–H and O–H groups in total. The highest BCUT2D eigenvalue weighted by molar-refractivity contribution is 8.15. The number of amides is 1. The molecule has 0 radical (unpaired) electrons. The molecule has 126 valence electrons. The Morgan fingerprint density at radius 3 is 2.56 bits per heavy atom. The Balaban J connectivity index is 1.77. The zero-order valence-electron chi connectivity index (χ0n) is 13.5. The van der Waals surface area contributed by atoms with E-state index in [9.17, 15) is 4.79 Å². The van der Waals surface area contributed by atoms with Crippen molar-refractivity contribution >= 4 is 40.1 Å². The van der Waals surface area contributed by atoms with Crippen LogP contribution in [0.3, 0.4) is 0 Å². The summed E-state index contributed by atoms with van der Waals surface area (Å²) in [4.78, 5) is 18.8. The summed E-state index contributed by atoms with van der Waals surface area (Å²) < 4.78 is 5.23. The Morgan fingerprint density at radius 1 is 1.16 bits per heavy atom. The predicted molar refractivity (Wildman–Crippen MR) is 102 cm³/mol. The lowest BCUT2D eigenvalue weighted by molar-refractivity contribution is -0.125. The van der Waals surface area contributed by atoms with Crippen molar-refractivity contribution in [1.29, 1.82) is 0 Å². The summed E-state index contributed by atoms with van der Waals surface area (Å²) >= 11 is 7.46. The molecule has 4 nitrogen and oxygen atoms in total. The fourth-order valence-corrected chi connectivity index (χ4v) is 3.96. The number of hydrogen-bond acceptors (Lipinski definition) is 4. The SMILES string of the molecule is COc1ccc([C@@H]2C=C(c3ccc(Cl)cc3)N=C3SCC(=O)N32)cc1. The number of thioether (sulfide) groups is 1. The van der Waals surface area contributed by atoms with Gasteiger partial charge in [-0.1, -0.05) is 47.6 Å². The topological polar surface area (TPSA) is 41.9 Å². The third-order valence-electron chi connectivity index (χ3n) is 4.21. The third kappa shape index (κ3) is 3.05. The van der Waals surface area contributed by atoms with E-state index in [1.807, 2.05) is 54.6 Å². The van der Waals surface area contributed by atoms with Crippen molar-refractivity contribution in [3.05, 3.63) is 70.8 Å². The molecule has 0 spiro atoms. The second-order valence-corrected chi connectivity index (χ2v) is 7.10. The van der Waals surface area contributed by atoms with Gasteiger partial charge in [-0.3, -0.25) is 9.69 Å². The molecule has 1 atom stereocenters. The van der Waals surface area contributed by atoms with Crippen LogP contribution in [0.2, 0.25) is 5.02 Å². The van der Waals surface area contributed by atoms with E-state index in [2.05, 4.69) is 4.99 Å². The molecule has 2 aliphatic heterocycles. The van der Waals surface area contributed by atoms with Crippen LogP contribution in [0.5, 0.6) is 5.75 Å². The van der Waals surface area contributed by atoms with Gasteiger partial charge in [0.1, 0.15) is 5.75 Å². The molecule has 2 heterocycles. The summed E-state index contributed by atoms with van der Waals surface area (Å²) in [6.45, 7) is 0. The highest BCUT2D eigenvalue weighted by Gasteiger charge is 2.37. The zero-order valence-corrected chi connectivity index (χ0v) is 15.1. The van der Waals surface area contributed by atoms with Gasteiger partial charge in [-0.15, -0.1) is 0 Å². The minimum Gasteiger partial charge on any atom is -0.497 e. The maximum atomic E-state index is 12.4. The smallest absolute Gasteiger partial charge is 0.239 e. The molecular formula is C19H15ClN2O2S. The average Bonchev–Trinajstić information content (AvgIpc) is 3.03. The van der Waals surface area contributed by atoms with Gasteiger partial charge < -0.3 is 4.74 Å². The maximum absolute atomic E-state index is 12.4. The van der Waals surface area contributed by atoms with Gasteiger partial charge in [-0.05, 0) is 35.9 Å². The maximum Gasteiger partial charge on any atom is 0.239 e. The predicted octanol–water partition coefficient (Wildman–Crippen LogP) is 4.38. The molecule has 2 aliphatic rings. The number of methoxy groups -OCH3 is 1. The third-order valence-corrected chi connectivity index (χ3v) is 5.40. The van der Waals surface area contributed by atoms with Gasteiger partial charge in [0, 0.05) is 10.6 Å². The normalized spacial score (nSPS) is 19.4. The first-order chi connectivity index (χ1) is 12.2. The summed E-state index contributed by atoms with van der Waals surface area (Å²) in [5.74, 6) is 1.29. The molecule has 1 amide bonds. The number of nitrogens with zero attached hydrogens (tertiary/aromatic N) is 2. The van der Waals surface area contributed by atoms with Gasteiger partial charge in [0.15, 0.2) is 5.17 Å². The van der Waals surface area contributed by atoms with Crippen molar-refractivity contribution in [3.8, 4) is 5.75 Å². The minimum atomic E-state index is -0.174. The Labute approximate surface area is 155 Å². The Hall–Kier alpha value is -2.24. The van der Waals surface area contributed by atoms with E-state index in [4.69, 9.17) is 16.3 Å². The van der Waals surface area contributed by atoms with Crippen molar-refractivity contribution in [2.24, 2.45) is 4.99 Å². The number of amidine groups is 1. The lowest BCUT2D eigenvalue weighted by Gasteiger charge is -2.29. The summed E-state index contributed by atoms with van der Waals surface area (Å²) in [6, 6.07) is 15.2. The van der Waals surface area contributed by atoms with E-state index in [0.717, 1.165) is 27.7 Å². The molecular weight excluding hydrogens is 356 g/mol. The Kier molecular flexibility index (Phi) is 4.27. The van der Waals surface area contributed by atoms with Gasteiger partial charge in [0.25, 0.3) is 0 Å². The minimum absolute atomic E-state index is 0.0796. The lowest BCUT2D eigenvalue weighted by Crippen LogP contribution is -2.34. The largest absolute Gasteiger partial charge is 0.497 e. The molecule has 25 heavy (non-hydrogen) atoms. The van der Waals surface area contributed by atoms with E-state index in [-0.39, 0.29) is 11.9 Å². The second-order valence-electron chi connectivity index (χ2n) is 5.72. The highest BCUT2D eigenvalue weighted by Crippen LogP contribution is 2.38. The van der Waals surface area contributed by atoms with E-state index in [0.29, 0.717) is 10.8 Å². The van der Waals surface area contributed by atoms with E-state index in [1.54, 1.807) is 12.0 Å². The number of benzene rings is 2. The van der Waals surface area contributed by atoms with Crippen LogP contribution in [-0.2, 0) is 4.79 Å². The number of carbonyl (C=O) groups is 1. The molecule has 0 aliphatic carbocycles. The summed E-state index contributed by atoms with van der Waals surface area (Å²) in [5, 5.41) is 1.44. The van der Waals surface area contributed by atoms with E-state index in [1.165, 1.54) is 11.8 Å². The van der Waals surface area contributed by atoms with Gasteiger partial charge in [0.05, 0.1) is 24.6 Å². The lowest BCUT2D eigenvalue weighted by atomic mass is 10.0. The van der Waals surface area contributed by atoms with Crippen molar-refractivity contribution in [3.63, 3.8) is 0 Å². The van der Waals surface area contributed by atoms with Crippen LogP contribution in [0.1, 0.15) is 17.2 Å². The van der Waals surface area contributed by atoms with E-state index >= 15 is 0 Å². The number of aliphatic imine (C=N–C) groups is 1. The highest BCUT2D eigenvalue weighted by atomic mass is 35.5. The quantitative estimate of drug-likeness (QED) is 0.805. The monoisotopic (exact) mass is 370 g/mol.